The first-order valence-electron chi connectivity index (χ1n) is 24.7. The highest BCUT2D eigenvalue weighted by Crippen LogP contribution is 2.52. The Kier molecular flexibility index (Phi) is 36.4. The molecule has 0 amide bonds. The zero-order valence-corrected chi connectivity index (χ0v) is 40.2. The normalized spacial score (nSPS) is 20.0. The fraction of sp³-hybridized carbons (Fsp3) is 0.957. The summed E-state index contributed by atoms with van der Waals surface area (Å²) in [6.45, 7) is 11.3. The van der Waals surface area contributed by atoms with Crippen LogP contribution in [0.15, 0.2) is 0 Å². The van der Waals surface area contributed by atoms with Gasteiger partial charge in [-0.25, -0.2) is 4.57 Å². The molecule has 0 aromatic carbocycles. The lowest BCUT2D eigenvalue weighted by molar-refractivity contribution is -0.259. The van der Waals surface area contributed by atoms with Crippen molar-refractivity contribution in [3.05, 3.63) is 0 Å². The van der Waals surface area contributed by atoms with Crippen molar-refractivity contribution in [1.29, 1.82) is 0 Å². The average Bonchev–Trinajstić information content (AvgIpc) is 3.22. The standard InChI is InChI=1S/C47H92NO11P/c1-7-12-17-19-21-23-24-26-28-30-32-34-42(49)56-40(33-31-29-27-25-22-20-18-13-8-2)38-43(50)58-46-44(48-6)47(51)57-41(39-53-35-14-9-3)45(46)59-60(52,54-36-15-10-4)55-37-16-11-5/h40-41,44-48,51H,7-39H2,1-6H3/t40-,41?,44?,45?,46?,47?/m1/s1. The summed E-state index contributed by atoms with van der Waals surface area (Å²) in [4.78, 5) is 27.1. The van der Waals surface area contributed by atoms with Crippen molar-refractivity contribution < 1.29 is 51.8 Å². The molecule has 0 bridgehead atoms. The maximum atomic E-state index is 14.2. The Bertz CT molecular complexity index is 1050. The van der Waals surface area contributed by atoms with Crippen LogP contribution in [0.1, 0.15) is 221 Å². The van der Waals surface area contributed by atoms with Gasteiger partial charge in [0.1, 0.15) is 18.3 Å². The molecule has 2 N–H and O–H groups in total. The number of aliphatic hydroxyl groups is 1. The maximum absolute atomic E-state index is 14.2. The molecule has 1 aliphatic heterocycles. The summed E-state index contributed by atoms with van der Waals surface area (Å²) in [6, 6.07) is -0.940. The smallest absolute Gasteiger partial charge is 0.462 e. The number of phosphoric acid groups is 1. The Labute approximate surface area is 367 Å². The third-order valence-electron chi connectivity index (χ3n) is 11.2. The Morgan fingerprint density at radius 1 is 0.617 bits per heavy atom. The fourth-order valence-electron chi connectivity index (χ4n) is 7.41. The molecule has 6 atom stereocenters. The van der Waals surface area contributed by atoms with E-state index in [-0.39, 0.29) is 32.2 Å². The van der Waals surface area contributed by atoms with Crippen LogP contribution in [-0.4, -0.2) is 87.3 Å². The van der Waals surface area contributed by atoms with Gasteiger partial charge < -0.3 is 29.4 Å². The molecule has 0 saturated carbocycles. The van der Waals surface area contributed by atoms with Crippen LogP contribution in [0.3, 0.4) is 0 Å². The topological polar surface area (TPSA) is 148 Å². The second kappa shape index (κ2) is 38.4. The van der Waals surface area contributed by atoms with Gasteiger partial charge in [-0.15, -0.1) is 0 Å². The summed E-state index contributed by atoms with van der Waals surface area (Å²) < 4.78 is 56.0. The first-order valence-corrected chi connectivity index (χ1v) is 26.2. The van der Waals surface area contributed by atoms with E-state index in [2.05, 4.69) is 26.1 Å². The van der Waals surface area contributed by atoms with Crippen LogP contribution >= 0.6 is 7.82 Å². The van der Waals surface area contributed by atoms with Gasteiger partial charge in [0.15, 0.2) is 12.4 Å². The maximum Gasteiger partial charge on any atom is 0.475 e. The molecule has 0 aromatic rings. The van der Waals surface area contributed by atoms with E-state index in [0.717, 1.165) is 64.2 Å². The molecule has 60 heavy (non-hydrogen) atoms. The lowest BCUT2D eigenvalue weighted by Gasteiger charge is -2.44. The summed E-state index contributed by atoms with van der Waals surface area (Å²) in [7, 11) is -2.56. The zero-order valence-electron chi connectivity index (χ0n) is 39.3. The quantitative estimate of drug-likeness (QED) is 0.0341. The molecular formula is C47H92NO11P. The SMILES string of the molecule is CCCCCCCCCCCCCC(=O)O[C@H](CCCCCCCCCCC)CC(=O)OC1C(NC)C(O)OC(COCCCC)C1OP(=O)(OCCCC)OCCCC. The predicted molar refractivity (Wildman–Crippen MR) is 241 cm³/mol. The van der Waals surface area contributed by atoms with Crippen molar-refractivity contribution in [2.45, 2.75) is 258 Å². The average molecular weight is 878 g/mol. The Morgan fingerprint density at radius 3 is 1.58 bits per heavy atom. The van der Waals surface area contributed by atoms with Gasteiger partial charge in [-0.2, -0.15) is 0 Å². The van der Waals surface area contributed by atoms with E-state index in [1.165, 1.54) is 89.9 Å². The van der Waals surface area contributed by atoms with Gasteiger partial charge in [-0.3, -0.25) is 23.2 Å². The van der Waals surface area contributed by atoms with Gasteiger partial charge in [0.05, 0.1) is 32.3 Å². The van der Waals surface area contributed by atoms with Gasteiger partial charge in [-0.05, 0) is 45.6 Å². The lowest BCUT2D eigenvalue weighted by atomic mass is 9.96. The number of rotatable bonds is 42. The summed E-state index contributed by atoms with van der Waals surface area (Å²) in [6.07, 6.45) is 23.5. The van der Waals surface area contributed by atoms with Gasteiger partial charge in [0.2, 0.25) is 0 Å². The predicted octanol–water partition coefficient (Wildman–Crippen LogP) is 12.1. The summed E-state index contributed by atoms with van der Waals surface area (Å²) in [5, 5.41) is 14.2. The molecule has 0 aromatic heterocycles. The van der Waals surface area contributed by atoms with Crippen LogP contribution in [0.25, 0.3) is 0 Å². The van der Waals surface area contributed by atoms with Crippen LogP contribution < -0.4 is 5.32 Å². The van der Waals surface area contributed by atoms with Crippen molar-refractivity contribution in [3.8, 4) is 0 Å². The van der Waals surface area contributed by atoms with Crippen LogP contribution in [0, 0.1) is 0 Å². The molecule has 356 valence electrons. The number of hydrogen-bond acceptors (Lipinski definition) is 12. The number of unbranched alkanes of at least 4 members (excludes halogenated alkanes) is 21. The minimum Gasteiger partial charge on any atom is -0.462 e. The minimum atomic E-state index is -4.18. The third kappa shape index (κ3) is 27.8. The van der Waals surface area contributed by atoms with Crippen molar-refractivity contribution >= 4 is 19.8 Å². The van der Waals surface area contributed by atoms with Gasteiger partial charge in [0.25, 0.3) is 0 Å². The first-order chi connectivity index (χ1) is 29.2. The number of likely N-dealkylation sites (N-methyl/N-ethyl adjacent to an activating group) is 1. The van der Waals surface area contributed by atoms with E-state index in [4.69, 9.17) is 32.5 Å². The van der Waals surface area contributed by atoms with Gasteiger partial charge in [0, 0.05) is 13.0 Å². The van der Waals surface area contributed by atoms with Crippen LogP contribution in [0.5, 0.6) is 0 Å². The second-order valence-corrected chi connectivity index (χ2v) is 18.5. The first kappa shape index (κ1) is 56.9. The molecule has 5 unspecified atom stereocenters. The fourth-order valence-corrected chi connectivity index (χ4v) is 8.87. The zero-order chi connectivity index (χ0) is 44.1. The molecule has 0 spiro atoms. The van der Waals surface area contributed by atoms with Crippen LogP contribution in [0.4, 0.5) is 0 Å². The Balaban J connectivity index is 3.10. The molecule has 1 aliphatic rings. The van der Waals surface area contributed by atoms with E-state index in [1.54, 1.807) is 7.05 Å². The Morgan fingerprint density at radius 2 is 1.08 bits per heavy atom. The molecular weight excluding hydrogens is 785 g/mol. The van der Waals surface area contributed by atoms with Gasteiger partial charge in [-0.1, -0.05) is 169 Å². The molecule has 0 radical (unpaired) electrons. The monoisotopic (exact) mass is 878 g/mol. The third-order valence-corrected chi connectivity index (χ3v) is 12.7. The van der Waals surface area contributed by atoms with Crippen molar-refractivity contribution in [2.24, 2.45) is 0 Å². The highest BCUT2D eigenvalue weighted by atomic mass is 31.2. The summed E-state index contributed by atoms with van der Waals surface area (Å²) in [5.74, 6) is -0.917. The highest BCUT2D eigenvalue weighted by Gasteiger charge is 2.51. The highest BCUT2D eigenvalue weighted by molar-refractivity contribution is 7.48. The number of aliphatic hydroxyl groups excluding tert-OH is 1. The van der Waals surface area contributed by atoms with E-state index in [0.29, 0.717) is 32.3 Å². The number of ether oxygens (including phenoxy) is 4. The summed E-state index contributed by atoms with van der Waals surface area (Å²) >= 11 is 0. The van der Waals surface area contributed by atoms with E-state index < -0.39 is 50.5 Å². The van der Waals surface area contributed by atoms with E-state index >= 15 is 0 Å². The molecule has 0 aliphatic carbocycles. The van der Waals surface area contributed by atoms with Crippen molar-refractivity contribution in [2.75, 3.05) is 33.5 Å². The molecule has 1 rings (SSSR count). The minimum absolute atomic E-state index is 0.00593. The number of nitrogens with one attached hydrogen (secondary N) is 1. The van der Waals surface area contributed by atoms with Crippen LogP contribution in [0.2, 0.25) is 0 Å². The van der Waals surface area contributed by atoms with Gasteiger partial charge >= 0.3 is 19.8 Å². The number of esters is 2. The molecule has 1 fully saturated rings. The molecule has 13 heteroatoms. The Hall–Kier alpha value is -1.11. The largest absolute Gasteiger partial charge is 0.475 e. The number of carbonyl (C=O) groups excluding carboxylic acids is 2. The van der Waals surface area contributed by atoms with E-state index in [1.807, 2.05) is 13.8 Å². The number of phosphoric ester groups is 1. The van der Waals surface area contributed by atoms with Crippen LogP contribution in [-0.2, 0) is 46.7 Å². The van der Waals surface area contributed by atoms with Crippen molar-refractivity contribution in [3.63, 3.8) is 0 Å². The lowest BCUT2D eigenvalue weighted by Crippen LogP contribution is -2.64. The number of carbonyl (C=O) groups is 2. The molecule has 1 saturated heterocycles. The molecule has 12 nitrogen and oxygen atoms in total. The summed E-state index contributed by atoms with van der Waals surface area (Å²) in [5.41, 5.74) is 0. The second-order valence-electron chi connectivity index (χ2n) is 16.9. The van der Waals surface area contributed by atoms with Crippen molar-refractivity contribution in [1.82, 2.24) is 5.32 Å². The number of hydrogen-bond donors (Lipinski definition) is 2. The molecule has 1 heterocycles. The van der Waals surface area contributed by atoms with E-state index in [9.17, 15) is 19.3 Å².